The number of hydrogen-bond acceptors (Lipinski definition) is 4. The number of nitrogens with two attached hydrogens (primary N) is 1. The van der Waals surface area contributed by atoms with Gasteiger partial charge in [-0.15, -0.1) is 0 Å². The topological polar surface area (TPSA) is 83.6 Å². The fourth-order valence-electron chi connectivity index (χ4n) is 2.44. The van der Waals surface area contributed by atoms with E-state index >= 15 is 0 Å². The molecule has 1 aliphatic heterocycles. The summed E-state index contributed by atoms with van der Waals surface area (Å²) in [5.74, 6) is 0. The maximum absolute atomic E-state index is 12.4. The van der Waals surface area contributed by atoms with Crippen molar-refractivity contribution in [3.63, 3.8) is 0 Å². The molecule has 0 aromatic heterocycles. The van der Waals surface area contributed by atoms with Crippen molar-refractivity contribution in [2.24, 2.45) is 5.73 Å². The highest BCUT2D eigenvalue weighted by Crippen LogP contribution is 2.25. The molecule has 6 heteroatoms. The molecular weight excluding hydrogens is 240 g/mol. The van der Waals surface area contributed by atoms with E-state index in [4.69, 9.17) is 10.8 Å². The summed E-state index contributed by atoms with van der Waals surface area (Å²) in [4.78, 5) is 0. The van der Waals surface area contributed by atoms with Crippen LogP contribution in [0, 0.1) is 0 Å². The highest BCUT2D eigenvalue weighted by Gasteiger charge is 2.36. The third-order valence-electron chi connectivity index (χ3n) is 3.50. The van der Waals surface area contributed by atoms with Crippen molar-refractivity contribution < 1.29 is 13.5 Å². The summed E-state index contributed by atoms with van der Waals surface area (Å²) in [5.41, 5.74) is 5.54. The Hall–Kier alpha value is -0.170. The minimum Gasteiger partial charge on any atom is -0.396 e. The molecule has 1 rings (SSSR count). The van der Waals surface area contributed by atoms with Crippen LogP contribution in [0.3, 0.4) is 0 Å². The summed E-state index contributed by atoms with van der Waals surface area (Å²) in [7, 11) is -3.30. The highest BCUT2D eigenvalue weighted by atomic mass is 32.2. The van der Waals surface area contributed by atoms with Gasteiger partial charge in [-0.2, -0.15) is 4.31 Å². The Morgan fingerprint density at radius 1 is 1.47 bits per heavy atom. The molecule has 0 aromatic carbocycles. The van der Waals surface area contributed by atoms with Gasteiger partial charge in [0.25, 0.3) is 0 Å². The number of aliphatic hydroxyl groups is 1. The molecule has 3 N–H and O–H groups in total. The van der Waals surface area contributed by atoms with Crippen molar-refractivity contribution in [3.05, 3.63) is 0 Å². The molecule has 1 heterocycles. The molecule has 1 fully saturated rings. The maximum Gasteiger partial charge on any atom is 0.218 e. The molecule has 102 valence electrons. The summed E-state index contributed by atoms with van der Waals surface area (Å²) in [6.45, 7) is 2.63. The lowest BCUT2D eigenvalue weighted by atomic mass is 10.0. The van der Waals surface area contributed by atoms with Crippen LogP contribution in [0.25, 0.3) is 0 Å². The molecule has 5 nitrogen and oxygen atoms in total. The summed E-state index contributed by atoms with van der Waals surface area (Å²) in [6, 6.07) is -0.0423. The molecule has 0 aliphatic carbocycles. The van der Waals surface area contributed by atoms with Gasteiger partial charge >= 0.3 is 0 Å². The summed E-state index contributed by atoms with van der Waals surface area (Å²) < 4.78 is 26.4. The van der Waals surface area contributed by atoms with Crippen molar-refractivity contribution in [2.75, 3.05) is 19.7 Å². The van der Waals surface area contributed by atoms with Gasteiger partial charge in [0.05, 0.1) is 5.25 Å². The molecule has 0 bridgehead atoms. The fourth-order valence-corrected chi connectivity index (χ4v) is 4.49. The summed E-state index contributed by atoms with van der Waals surface area (Å²) in [6.07, 6.45) is 3.86. The zero-order valence-electron chi connectivity index (χ0n) is 10.5. The molecule has 1 aliphatic rings. The van der Waals surface area contributed by atoms with E-state index < -0.39 is 15.3 Å². The zero-order chi connectivity index (χ0) is 12.9. The molecule has 1 saturated heterocycles. The van der Waals surface area contributed by atoms with Gasteiger partial charge in [-0.05, 0) is 25.7 Å². The quantitative estimate of drug-likeness (QED) is 0.722. The third-order valence-corrected chi connectivity index (χ3v) is 6.00. The van der Waals surface area contributed by atoms with E-state index in [1.807, 2.05) is 6.92 Å². The Balaban J connectivity index is 2.86. The summed E-state index contributed by atoms with van der Waals surface area (Å²) >= 11 is 0. The molecule has 17 heavy (non-hydrogen) atoms. The first-order valence-corrected chi connectivity index (χ1v) is 7.89. The number of piperidine rings is 1. The van der Waals surface area contributed by atoms with Crippen LogP contribution in [-0.2, 0) is 10.0 Å². The van der Waals surface area contributed by atoms with Gasteiger partial charge in [0.1, 0.15) is 0 Å². The van der Waals surface area contributed by atoms with E-state index in [0.717, 1.165) is 19.3 Å². The number of aliphatic hydroxyl groups excluding tert-OH is 1. The third kappa shape index (κ3) is 3.40. The minimum atomic E-state index is -3.30. The molecular formula is C11H24N2O3S. The zero-order valence-corrected chi connectivity index (χ0v) is 11.3. The van der Waals surface area contributed by atoms with Crippen molar-refractivity contribution in [1.82, 2.24) is 4.31 Å². The SMILES string of the molecule is CCC(CN)S(=O)(=O)N1CCCCC1CCO. The van der Waals surface area contributed by atoms with Gasteiger partial charge in [0, 0.05) is 25.7 Å². The second-order valence-electron chi connectivity index (χ2n) is 4.58. The predicted molar refractivity (Wildman–Crippen MR) is 68.1 cm³/mol. The maximum atomic E-state index is 12.4. The van der Waals surface area contributed by atoms with Crippen molar-refractivity contribution in [3.8, 4) is 0 Å². The first kappa shape index (κ1) is 14.9. The van der Waals surface area contributed by atoms with E-state index in [0.29, 0.717) is 19.4 Å². The molecule has 0 spiro atoms. The second kappa shape index (κ2) is 6.68. The van der Waals surface area contributed by atoms with Crippen molar-refractivity contribution in [2.45, 2.75) is 50.3 Å². The molecule has 0 saturated carbocycles. The smallest absolute Gasteiger partial charge is 0.218 e. The predicted octanol–water partition coefficient (Wildman–Crippen LogP) is 0.290. The fraction of sp³-hybridized carbons (Fsp3) is 1.00. The molecule has 0 amide bonds. The van der Waals surface area contributed by atoms with Gasteiger partial charge < -0.3 is 10.8 Å². The monoisotopic (exact) mass is 264 g/mol. The second-order valence-corrected chi connectivity index (χ2v) is 6.75. The normalized spacial score (nSPS) is 24.8. The lowest BCUT2D eigenvalue weighted by molar-refractivity contribution is 0.191. The Morgan fingerprint density at radius 2 is 2.18 bits per heavy atom. The molecule has 2 atom stereocenters. The van der Waals surface area contributed by atoms with Crippen LogP contribution in [0.4, 0.5) is 0 Å². The first-order chi connectivity index (χ1) is 8.07. The van der Waals surface area contributed by atoms with Gasteiger partial charge in [-0.1, -0.05) is 13.3 Å². The first-order valence-electron chi connectivity index (χ1n) is 6.39. The average molecular weight is 264 g/mol. The van der Waals surface area contributed by atoms with Crippen molar-refractivity contribution in [1.29, 1.82) is 0 Å². The van der Waals surface area contributed by atoms with Crippen LogP contribution in [-0.4, -0.2) is 48.8 Å². The van der Waals surface area contributed by atoms with Crippen LogP contribution < -0.4 is 5.73 Å². The van der Waals surface area contributed by atoms with Crippen LogP contribution in [0.2, 0.25) is 0 Å². The Labute approximate surface area is 104 Å². The summed E-state index contributed by atoms with van der Waals surface area (Å²) in [5, 5.41) is 8.52. The Morgan fingerprint density at radius 3 is 2.71 bits per heavy atom. The van der Waals surface area contributed by atoms with E-state index in [2.05, 4.69) is 0 Å². The molecule has 0 radical (unpaired) electrons. The van der Waals surface area contributed by atoms with Gasteiger partial charge in [0.2, 0.25) is 10.0 Å². The van der Waals surface area contributed by atoms with Gasteiger partial charge in [0.15, 0.2) is 0 Å². The van der Waals surface area contributed by atoms with Crippen LogP contribution in [0.15, 0.2) is 0 Å². The number of sulfonamides is 1. The number of nitrogens with zero attached hydrogens (tertiary/aromatic N) is 1. The lowest BCUT2D eigenvalue weighted by Crippen LogP contribution is -2.49. The van der Waals surface area contributed by atoms with E-state index in [9.17, 15) is 8.42 Å². The van der Waals surface area contributed by atoms with E-state index in [-0.39, 0.29) is 19.2 Å². The van der Waals surface area contributed by atoms with Crippen molar-refractivity contribution >= 4 is 10.0 Å². The average Bonchev–Trinajstić information content (AvgIpc) is 2.31. The van der Waals surface area contributed by atoms with Crippen LogP contribution in [0.5, 0.6) is 0 Å². The van der Waals surface area contributed by atoms with Gasteiger partial charge in [-0.25, -0.2) is 8.42 Å². The number of rotatable bonds is 6. The molecule has 0 aromatic rings. The largest absolute Gasteiger partial charge is 0.396 e. The lowest BCUT2D eigenvalue weighted by Gasteiger charge is -2.36. The van der Waals surface area contributed by atoms with Crippen LogP contribution in [0.1, 0.15) is 39.0 Å². The van der Waals surface area contributed by atoms with Gasteiger partial charge in [-0.3, -0.25) is 0 Å². The van der Waals surface area contributed by atoms with E-state index in [1.165, 1.54) is 0 Å². The van der Waals surface area contributed by atoms with E-state index in [1.54, 1.807) is 4.31 Å². The Bertz CT molecular complexity index is 313. The number of hydrogen-bond donors (Lipinski definition) is 2. The molecule has 2 unspecified atom stereocenters. The minimum absolute atomic E-state index is 0.0378. The highest BCUT2D eigenvalue weighted by molar-refractivity contribution is 7.89. The van der Waals surface area contributed by atoms with Crippen LogP contribution >= 0.6 is 0 Å². The standard InChI is InChI=1S/C11H24N2O3S/c1-2-11(9-12)17(15,16)13-7-4-3-5-10(13)6-8-14/h10-11,14H,2-9,12H2,1H3. The Kier molecular flexibility index (Phi) is 5.85.